The molecule has 0 aromatic carbocycles. The van der Waals surface area contributed by atoms with Gasteiger partial charge in [0.05, 0.1) is 19.3 Å². The van der Waals surface area contributed by atoms with Crippen molar-refractivity contribution in [1.82, 2.24) is 15.6 Å². The van der Waals surface area contributed by atoms with E-state index in [2.05, 4.69) is 15.6 Å². The van der Waals surface area contributed by atoms with Gasteiger partial charge in [-0.1, -0.05) is 6.07 Å². The van der Waals surface area contributed by atoms with Crippen LogP contribution in [0.4, 0.5) is 4.79 Å². The first-order valence-corrected chi connectivity index (χ1v) is 6.69. The van der Waals surface area contributed by atoms with Crippen LogP contribution in [-0.2, 0) is 16.1 Å². The van der Waals surface area contributed by atoms with Gasteiger partial charge in [0.15, 0.2) is 0 Å². The van der Waals surface area contributed by atoms with Gasteiger partial charge in [0.2, 0.25) is 0 Å². The Morgan fingerprint density at radius 1 is 1.52 bits per heavy atom. The van der Waals surface area contributed by atoms with Crippen LogP contribution >= 0.6 is 0 Å². The van der Waals surface area contributed by atoms with Gasteiger partial charge in [-0.15, -0.1) is 0 Å². The Bertz CT molecular complexity index is 532. The lowest BCUT2D eigenvalue weighted by Crippen LogP contribution is -2.52. The molecule has 0 saturated carbocycles. The molecule has 1 saturated heterocycles. The van der Waals surface area contributed by atoms with Gasteiger partial charge in [0, 0.05) is 18.4 Å². The maximum Gasteiger partial charge on any atom is 0.315 e. The molecule has 3 N–H and O–H groups in total. The second kappa shape index (κ2) is 6.09. The van der Waals surface area contributed by atoms with E-state index in [0.29, 0.717) is 6.54 Å². The third-order valence-electron chi connectivity index (χ3n) is 3.68. The number of rotatable bonds is 4. The van der Waals surface area contributed by atoms with Gasteiger partial charge in [-0.25, -0.2) is 4.79 Å². The van der Waals surface area contributed by atoms with Crippen LogP contribution in [0.2, 0.25) is 0 Å². The monoisotopic (exact) mass is 293 g/mol. The van der Waals surface area contributed by atoms with Gasteiger partial charge in [-0.2, -0.15) is 0 Å². The van der Waals surface area contributed by atoms with E-state index in [1.54, 1.807) is 13.1 Å². The Morgan fingerprint density at radius 3 is 2.90 bits per heavy atom. The second-order valence-corrected chi connectivity index (χ2v) is 5.43. The van der Waals surface area contributed by atoms with Crippen LogP contribution in [0.25, 0.3) is 0 Å². The van der Waals surface area contributed by atoms with Crippen LogP contribution in [0, 0.1) is 12.3 Å². The Balaban J connectivity index is 1.87. The lowest BCUT2D eigenvalue weighted by atomic mass is 9.85. The fourth-order valence-corrected chi connectivity index (χ4v) is 2.08. The summed E-state index contributed by atoms with van der Waals surface area (Å²) in [5.41, 5.74) is 0.686. The molecule has 2 atom stereocenters. The van der Waals surface area contributed by atoms with E-state index in [1.165, 1.54) is 0 Å². The van der Waals surface area contributed by atoms with E-state index in [9.17, 15) is 14.7 Å². The number of carbonyl (C=O) groups is 2. The number of aromatic nitrogens is 1. The number of nitrogens with zero attached hydrogens (tertiary/aromatic N) is 1. The van der Waals surface area contributed by atoms with E-state index in [-0.39, 0.29) is 13.2 Å². The lowest BCUT2D eigenvalue weighted by Gasteiger charge is -2.25. The molecule has 1 fully saturated rings. The van der Waals surface area contributed by atoms with Crippen molar-refractivity contribution < 1.29 is 19.4 Å². The lowest BCUT2D eigenvalue weighted by molar-refractivity contribution is -0.148. The molecule has 2 amide bonds. The summed E-state index contributed by atoms with van der Waals surface area (Å²) in [5, 5.41) is 14.6. The Labute approximate surface area is 122 Å². The van der Waals surface area contributed by atoms with Crippen LogP contribution in [0.3, 0.4) is 0 Å². The number of carboxylic acid groups (broad SMARTS) is 1. The van der Waals surface area contributed by atoms with Crippen molar-refractivity contribution in [3.05, 3.63) is 29.6 Å². The van der Waals surface area contributed by atoms with E-state index in [4.69, 9.17) is 4.74 Å². The van der Waals surface area contributed by atoms with Crippen LogP contribution in [0.1, 0.15) is 18.2 Å². The highest BCUT2D eigenvalue weighted by atomic mass is 16.5. The summed E-state index contributed by atoms with van der Waals surface area (Å²) in [5.74, 6) is -0.979. The van der Waals surface area contributed by atoms with E-state index in [1.807, 2.05) is 19.1 Å². The van der Waals surface area contributed by atoms with Crippen LogP contribution in [-0.4, -0.2) is 41.3 Å². The molecule has 1 aliphatic rings. The summed E-state index contributed by atoms with van der Waals surface area (Å²) in [6.45, 7) is 4.07. The Morgan fingerprint density at radius 2 is 2.29 bits per heavy atom. The van der Waals surface area contributed by atoms with Gasteiger partial charge < -0.3 is 20.5 Å². The molecule has 0 radical (unpaired) electrons. The molecule has 0 bridgehead atoms. The first kappa shape index (κ1) is 15.2. The standard InChI is InChI=1S/C14H19N3O4/c1-9-3-4-10(5-15-9)6-16-13(20)17-11-7-21-8-14(11,2)12(18)19/h3-5,11H,6-8H2,1-2H3,(H,18,19)(H2,16,17,20). The number of hydrogen-bond acceptors (Lipinski definition) is 4. The van der Waals surface area contributed by atoms with Crippen LogP contribution in [0.5, 0.6) is 0 Å². The Hall–Kier alpha value is -2.15. The molecule has 2 heterocycles. The third kappa shape index (κ3) is 3.49. The van der Waals surface area contributed by atoms with Gasteiger partial charge in [0.25, 0.3) is 0 Å². The van der Waals surface area contributed by atoms with E-state index in [0.717, 1.165) is 11.3 Å². The molecule has 1 aromatic heterocycles. The SMILES string of the molecule is Cc1ccc(CNC(=O)NC2COCC2(C)C(=O)O)cn1. The molecule has 0 spiro atoms. The number of carbonyl (C=O) groups excluding carboxylic acids is 1. The molecule has 114 valence electrons. The fourth-order valence-electron chi connectivity index (χ4n) is 2.08. The van der Waals surface area contributed by atoms with Gasteiger partial charge >= 0.3 is 12.0 Å². The number of pyridine rings is 1. The number of aliphatic carboxylic acids is 1. The maximum absolute atomic E-state index is 11.9. The molecule has 7 heteroatoms. The highest BCUT2D eigenvalue weighted by Gasteiger charge is 2.47. The number of urea groups is 1. The summed E-state index contributed by atoms with van der Waals surface area (Å²) >= 11 is 0. The molecular formula is C14H19N3O4. The molecular weight excluding hydrogens is 274 g/mol. The zero-order valence-electron chi connectivity index (χ0n) is 12.0. The van der Waals surface area contributed by atoms with Crippen molar-refractivity contribution >= 4 is 12.0 Å². The molecule has 2 unspecified atom stereocenters. The topological polar surface area (TPSA) is 101 Å². The van der Waals surface area contributed by atoms with Gasteiger partial charge in [-0.3, -0.25) is 9.78 Å². The number of carboxylic acids is 1. The van der Waals surface area contributed by atoms with Crippen molar-refractivity contribution in [1.29, 1.82) is 0 Å². The van der Waals surface area contributed by atoms with E-state index >= 15 is 0 Å². The Kier molecular flexibility index (Phi) is 4.42. The molecule has 21 heavy (non-hydrogen) atoms. The van der Waals surface area contributed by atoms with Gasteiger partial charge in [0.1, 0.15) is 5.41 Å². The average molecular weight is 293 g/mol. The molecule has 7 nitrogen and oxygen atoms in total. The number of nitrogens with one attached hydrogen (secondary N) is 2. The number of ether oxygens (including phenoxy) is 1. The maximum atomic E-state index is 11.9. The minimum Gasteiger partial charge on any atom is -0.481 e. The van der Waals surface area contributed by atoms with Gasteiger partial charge in [-0.05, 0) is 25.5 Å². The molecule has 1 aliphatic heterocycles. The smallest absolute Gasteiger partial charge is 0.315 e. The average Bonchev–Trinajstić information content (AvgIpc) is 2.81. The van der Waals surface area contributed by atoms with Crippen LogP contribution in [0.15, 0.2) is 18.3 Å². The highest BCUT2D eigenvalue weighted by molar-refractivity contribution is 5.79. The summed E-state index contributed by atoms with van der Waals surface area (Å²) in [6.07, 6.45) is 1.69. The minimum absolute atomic E-state index is 0.0924. The zero-order valence-corrected chi connectivity index (χ0v) is 12.0. The van der Waals surface area contributed by atoms with Crippen molar-refractivity contribution in [2.45, 2.75) is 26.4 Å². The van der Waals surface area contributed by atoms with Crippen LogP contribution < -0.4 is 10.6 Å². The number of amides is 2. The fraction of sp³-hybridized carbons (Fsp3) is 0.500. The molecule has 0 aliphatic carbocycles. The number of hydrogen-bond donors (Lipinski definition) is 3. The first-order chi connectivity index (χ1) is 9.91. The predicted octanol–water partition coefficient (Wildman–Crippen LogP) is 0.679. The molecule has 2 rings (SSSR count). The summed E-state index contributed by atoms with van der Waals surface area (Å²) in [4.78, 5) is 27.3. The van der Waals surface area contributed by atoms with E-state index < -0.39 is 23.5 Å². The van der Waals surface area contributed by atoms with Crippen molar-refractivity contribution in [3.8, 4) is 0 Å². The minimum atomic E-state index is -1.09. The zero-order chi connectivity index (χ0) is 15.5. The summed E-state index contributed by atoms with van der Waals surface area (Å²) < 4.78 is 5.18. The van der Waals surface area contributed by atoms with Crippen molar-refractivity contribution in [3.63, 3.8) is 0 Å². The molecule has 1 aromatic rings. The summed E-state index contributed by atoms with van der Waals surface area (Å²) in [6, 6.07) is 2.77. The highest BCUT2D eigenvalue weighted by Crippen LogP contribution is 2.28. The summed E-state index contributed by atoms with van der Waals surface area (Å²) in [7, 11) is 0. The largest absolute Gasteiger partial charge is 0.481 e. The van der Waals surface area contributed by atoms with Crippen molar-refractivity contribution in [2.75, 3.05) is 13.2 Å². The van der Waals surface area contributed by atoms with Crippen molar-refractivity contribution in [2.24, 2.45) is 5.41 Å². The first-order valence-electron chi connectivity index (χ1n) is 6.69. The number of aryl methyl sites for hydroxylation is 1. The predicted molar refractivity (Wildman–Crippen MR) is 74.7 cm³/mol. The normalized spacial score (nSPS) is 24.6. The second-order valence-electron chi connectivity index (χ2n) is 5.43. The quantitative estimate of drug-likeness (QED) is 0.758. The third-order valence-corrected chi connectivity index (χ3v) is 3.68.